The largest absolute Gasteiger partial charge is 0.412 e. The van der Waals surface area contributed by atoms with Crippen LogP contribution in [-0.4, -0.2) is 75.0 Å². The van der Waals surface area contributed by atoms with Gasteiger partial charge in [-0.2, -0.15) is 16.8 Å². The average molecular weight is 555 g/mol. The van der Waals surface area contributed by atoms with Crippen molar-refractivity contribution in [2.75, 3.05) is 38.7 Å². The third kappa shape index (κ3) is 11.0. The van der Waals surface area contributed by atoms with Gasteiger partial charge in [0.1, 0.15) is 0 Å². The SMILES string of the molecule is CS(=O)(=O)O.CS(=O)(=O)O.Cc1cccc2c1Sc1ccc(Cl)cc1CC2N1CCNCC1.O. The summed E-state index contributed by atoms with van der Waals surface area (Å²) >= 11 is 8.18. The van der Waals surface area contributed by atoms with Crippen LogP contribution < -0.4 is 5.32 Å². The molecule has 0 radical (unpaired) electrons. The van der Waals surface area contributed by atoms with Crippen LogP contribution in [0.4, 0.5) is 0 Å². The first-order chi connectivity index (χ1) is 15.2. The Morgan fingerprint density at radius 3 is 2.15 bits per heavy atom. The van der Waals surface area contributed by atoms with E-state index in [0.29, 0.717) is 18.6 Å². The van der Waals surface area contributed by atoms with Crippen molar-refractivity contribution >= 4 is 43.6 Å². The molecule has 2 aliphatic rings. The fraction of sp³-hybridized carbons (Fsp3) is 0.429. The molecule has 13 heteroatoms. The highest BCUT2D eigenvalue weighted by molar-refractivity contribution is 7.99. The van der Waals surface area contributed by atoms with E-state index in [9.17, 15) is 16.8 Å². The summed E-state index contributed by atoms with van der Waals surface area (Å²) in [6.07, 6.45) is 2.47. The fourth-order valence-corrected chi connectivity index (χ4v) is 5.01. The van der Waals surface area contributed by atoms with Gasteiger partial charge in [0.2, 0.25) is 0 Å². The first kappa shape index (κ1) is 30.8. The first-order valence-electron chi connectivity index (χ1n) is 10.1. The number of aryl methyl sites for hydroxylation is 1. The Morgan fingerprint density at radius 2 is 1.59 bits per heavy atom. The van der Waals surface area contributed by atoms with Crippen molar-refractivity contribution in [1.82, 2.24) is 10.2 Å². The van der Waals surface area contributed by atoms with Crippen LogP contribution in [0.1, 0.15) is 22.7 Å². The van der Waals surface area contributed by atoms with Gasteiger partial charge in [-0.05, 0) is 48.2 Å². The molecule has 2 aliphatic heterocycles. The van der Waals surface area contributed by atoms with E-state index in [-0.39, 0.29) is 5.48 Å². The van der Waals surface area contributed by atoms with Gasteiger partial charge in [0.05, 0.1) is 12.5 Å². The van der Waals surface area contributed by atoms with Crippen LogP contribution in [-0.2, 0) is 26.7 Å². The van der Waals surface area contributed by atoms with Crippen LogP contribution in [0, 0.1) is 6.92 Å². The van der Waals surface area contributed by atoms with Crippen molar-refractivity contribution in [3.05, 3.63) is 58.1 Å². The Bertz CT molecular complexity index is 1120. The van der Waals surface area contributed by atoms with Gasteiger partial charge in [-0.15, -0.1) is 0 Å². The second kappa shape index (κ2) is 13.2. The van der Waals surface area contributed by atoms with E-state index >= 15 is 0 Å². The smallest absolute Gasteiger partial charge is 0.261 e. The summed E-state index contributed by atoms with van der Waals surface area (Å²) in [6.45, 7) is 6.60. The normalized spacial score (nSPS) is 17.9. The molecular formula is C21H31ClN2O7S3. The molecule has 0 aliphatic carbocycles. The van der Waals surface area contributed by atoms with Gasteiger partial charge in [0, 0.05) is 47.0 Å². The number of fused-ring (bicyclic) bond motifs is 2. The van der Waals surface area contributed by atoms with Crippen molar-refractivity contribution < 1.29 is 31.4 Å². The molecule has 5 N–H and O–H groups in total. The molecule has 192 valence electrons. The molecular weight excluding hydrogens is 524 g/mol. The Balaban J connectivity index is 0.000000449. The van der Waals surface area contributed by atoms with E-state index in [0.717, 1.165) is 37.6 Å². The molecule has 2 heterocycles. The van der Waals surface area contributed by atoms with Gasteiger partial charge in [-0.25, -0.2) is 0 Å². The number of nitrogens with one attached hydrogen (secondary N) is 1. The Hall–Kier alpha value is -1.22. The number of hydrogen-bond acceptors (Lipinski definition) is 7. The topological polar surface area (TPSA) is 156 Å². The van der Waals surface area contributed by atoms with Crippen LogP contribution in [0.15, 0.2) is 46.2 Å². The standard InChI is InChI=1S/C19H21ClN2S.2CH4O3S.H2O/c1-13-3-2-4-16-17(22-9-7-21-8-10-22)12-14-11-15(20)5-6-18(14)23-19(13)16;2*1-5(2,3)4;/h2-6,11,17,21H,7-10,12H2,1H3;2*1H3,(H,2,3,4);1H2. The van der Waals surface area contributed by atoms with Crippen LogP contribution in [0.3, 0.4) is 0 Å². The van der Waals surface area contributed by atoms with Crippen molar-refractivity contribution in [1.29, 1.82) is 0 Å². The molecule has 34 heavy (non-hydrogen) atoms. The lowest BCUT2D eigenvalue weighted by atomic mass is 9.95. The van der Waals surface area contributed by atoms with Crippen LogP contribution in [0.2, 0.25) is 5.02 Å². The number of rotatable bonds is 1. The van der Waals surface area contributed by atoms with Crippen LogP contribution in [0.25, 0.3) is 0 Å². The molecule has 0 saturated carbocycles. The van der Waals surface area contributed by atoms with Crippen LogP contribution >= 0.6 is 23.4 Å². The predicted molar refractivity (Wildman–Crippen MR) is 136 cm³/mol. The van der Waals surface area contributed by atoms with E-state index in [1.165, 1.54) is 26.5 Å². The van der Waals surface area contributed by atoms with Gasteiger partial charge < -0.3 is 10.8 Å². The highest BCUT2D eigenvalue weighted by Crippen LogP contribution is 2.44. The maximum atomic E-state index is 9.19. The summed E-state index contributed by atoms with van der Waals surface area (Å²) in [5.74, 6) is 0. The quantitative estimate of drug-likeness (QED) is 0.450. The molecule has 1 atom stereocenters. The molecule has 1 fully saturated rings. The molecule has 2 aromatic carbocycles. The van der Waals surface area contributed by atoms with E-state index in [2.05, 4.69) is 47.5 Å². The highest BCUT2D eigenvalue weighted by atomic mass is 35.5. The van der Waals surface area contributed by atoms with E-state index in [1.807, 2.05) is 17.8 Å². The number of halogens is 1. The predicted octanol–water partition coefficient (Wildman–Crippen LogP) is 2.49. The number of nitrogens with zero attached hydrogens (tertiary/aromatic N) is 1. The minimum absolute atomic E-state index is 0. The molecule has 0 amide bonds. The lowest BCUT2D eigenvalue weighted by Crippen LogP contribution is -2.45. The lowest BCUT2D eigenvalue weighted by Gasteiger charge is -2.35. The molecule has 9 nitrogen and oxygen atoms in total. The zero-order valence-corrected chi connectivity index (χ0v) is 22.4. The van der Waals surface area contributed by atoms with E-state index in [1.54, 1.807) is 0 Å². The number of hydrogen-bond donors (Lipinski definition) is 3. The Kier molecular flexibility index (Phi) is 12.0. The van der Waals surface area contributed by atoms with E-state index < -0.39 is 20.2 Å². The van der Waals surface area contributed by atoms with Crippen LogP contribution in [0.5, 0.6) is 0 Å². The van der Waals surface area contributed by atoms with Gasteiger partial charge in [-0.3, -0.25) is 14.0 Å². The minimum atomic E-state index is -3.67. The average Bonchev–Trinajstić information content (AvgIpc) is 2.84. The molecule has 4 rings (SSSR count). The number of piperazine rings is 1. The van der Waals surface area contributed by atoms with Gasteiger partial charge in [-0.1, -0.05) is 41.6 Å². The van der Waals surface area contributed by atoms with Crippen molar-refractivity contribution in [3.8, 4) is 0 Å². The summed E-state index contributed by atoms with van der Waals surface area (Å²) in [7, 11) is -7.33. The third-order valence-electron chi connectivity index (χ3n) is 4.84. The minimum Gasteiger partial charge on any atom is -0.412 e. The van der Waals surface area contributed by atoms with Gasteiger partial charge >= 0.3 is 0 Å². The molecule has 0 bridgehead atoms. The molecule has 1 unspecified atom stereocenters. The zero-order valence-electron chi connectivity index (χ0n) is 19.2. The van der Waals surface area contributed by atoms with Crippen molar-refractivity contribution in [3.63, 3.8) is 0 Å². The molecule has 0 spiro atoms. The molecule has 2 aromatic rings. The van der Waals surface area contributed by atoms with Crippen molar-refractivity contribution in [2.24, 2.45) is 0 Å². The monoisotopic (exact) mass is 554 g/mol. The summed E-state index contributed by atoms with van der Waals surface area (Å²) in [5, 5.41) is 4.30. The van der Waals surface area contributed by atoms with E-state index in [4.69, 9.17) is 20.7 Å². The zero-order chi connectivity index (χ0) is 24.8. The summed E-state index contributed by atoms with van der Waals surface area (Å²) in [6, 6.07) is 13.5. The molecule has 0 aromatic heterocycles. The highest BCUT2D eigenvalue weighted by Gasteiger charge is 2.29. The second-order valence-corrected chi connectivity index (χ2v) is 12.2. The fourth-order valence-electron chi connectivity index (χ4n) is 3.63. The maximum Gasteiger partial charge on any atom is 0.261 e. The second-order valence-electron chi connectivity index (χ2n) is 7.82. The maximum absolute atomic E-state index is 9.19. The summed E-state index contributed by atoms with van der Waals surface area (Å²) in [4.78, 5) is 5.41. The van der Waals surface area contributed by atoms with Gasteiger partial charge in [0.15, 0.2) is 0 Å². The Morgan fingerprint density at radius 1 is 1.03 bits per heavy atom. The lowest BCUT2D eigenvalue weighted by molar-refractivity contribution is 0.170. The molecule has 1 saturated heterocycles. The summed E-state index contributed by atoms with van der Waals surface area (Å²) in [5.41, 5.74) is 4.22. The summed E-state index contributed by atoms with van der Waals surface area (Å²) < 4.78 is 51.7. The third-order valence-corrected chi connectivity index (χ3v) is 6.46. The van der Waals surface area contributed by atoms with Crippen molar-refractivity contribution in [2.45, 2.75) is 29.2 Å². The number of benzene rings is 2. The first-order valence-corrected chi connectivity index (χ1v) is 15.0. The Labute approximate surface area is 210 Å². The van der Waals surface area contributed by atoms with Gasteiger partial charge in [0.25, 0.3) is 20.2 Å².